The average Bonchev–Trinajstić information content (AvgIpc) is 2.77. The van der Waals surface area contributed by atoms with Gasteiger partial charge in [-0.25, -0.2) is 9.79 Å². The number of para-hydroxylation sites is 1. The fraction of sp³-hybridized carbons (Fsp3) is 0.360. The zero-order valence-electron chi connectivity index (χ0n) is 18.5. The van der Waals surface area contributed by atoms with Crippen molar-refractivity contribution in [3.05, 3.63) is 77.7 Å². The van der Waals surface area contributed by atoms with E-state index < -0.39 is 12.4 Å². The van der Waals surface area contributed by atoms with E-state index in [1.807, 2.05) is 24.0 Å². The number of hydrogen-bond acceptors (Lipinski definition) is 6. The van der Waals surface area contributed by atoms with E-state index >= 15 is 0 Å². The molecule has 2 N–H and O–H groups in total. The molecule has 1 aliphatic rings. The number of hydrogen-bond donors (Lipinski definition) is 1. The molecule has 0 saturated heterocycles. The normalized spacial score (nSPS) is 17.2. The van der Waals surface area contributed by atoms with Gasteiger partial charge in [0.15, 0.2) is 12.0 Å². The minimum Gasteiger partial charge on any atom is -0.395 e. The number of rotatable bonds is 8. The summed E-state index contributed by atoms with van der Waals surface area (Å²) >= 11 is 0. The third-order valence-corrected chi connectivity index (χ3v) is 5.46. The molecule has 0 amide bonds. The summed E-state index contributed by atoms with van der Waals surface area (Å²) < 4.78 is 10.8. The van der Waals surface area contributed by atoms with Crippen molar-refractivity contribution in [2.24, 2.45) is 10.7 Å². The standard InChI is InChI=1S/C25H31N3O3/c1-4-5-12-21(20-13-8-6-9-14-20)17-28-19(3)23(18(2)27-24(28)26)31-25(29)30-22-15-10-7-11-16-22/h6-11,13-16,21,24H,4-5,12,17,26H2,1-3H3. The molecule has 0 fully saturated rings. The molecule has 3 rings (SSSR count). The number of carbonyl (C=O) groups excluding carboxylic acids is 1. The predicted octanol–water partition coefficient (Wildman–Crippen LogP) is 5.43. The van der Waals surface area contributed by atoms with Gasteiger partial charge in [0.05, 0.1) is 11.4 Å². The van der Waals surface area contributed by atoms with E-state index in [1.165, 1.54) is 5.56 Å². The molecule has 2 aromatic carbocycles. The maximum absolute atomic E-state index is 12.4. The smallest absolute Gasteiger partial charge is 0.395 e. The van der Waals surface area contributed by atoms with Crippen LogP contribution < -0.4 is 10.5 Å². The fourth-order valence-corrected chi connectivity index (χ4v) is 3.78. The Morgan fingerprint density at radius 3 is 2.35 bits per heavy atom. The second-order valence-corrected chi connectivity index (χ2v) is 7.71. The van der Waals surface area contributed by atoms with Crippen molar-refractivity contribution < 1.29 is 14.3 Å². The first-order chi connectivity index (χ1) is 15.0. The van der Waals surface area contributed by atoms with Crippen molar-refractivity contribution in [1.29, 1.82) is 0 Å². The van der Waals surface area contributed by atoms with Crippen LogP contribution in [0.25, 0.3) is 0 Å². The number of nitrogens with zero attached hydrogens (tertiary/aromatic N) is 2. The van der Waals surface area contributed by atoms with E-state index in [4.69, 9.17) is 15.2 Å². The van der Waals surface area contributed by atoms with Crippen molar-refractivity contribution in [3.8, 4) is 5.75 Å². The van der Waals surface area contributed by atoms with Crippen molar-refractivity contribution in [2.45, 2.75) is 52.2 Å². The van der Waals surface area contributed by atoms with Crippen molar-refractivity contribution >= 4 is 11.9 Å². The fourth-order valence-electron chi connectivity index (χ4n) is 3.78. The molecule has 0 aliphatic carbocycles. The van der Waals surface area contributed by atoms with Crippen molar-refractivity contribution in [2.75, 3.05) is 6.54 Å². The Morgan fingerprint density at radius 2 is 1.71 bits per heavy atom. The highest BCUT2D eigenvalue weighted by Gasteiger charge is 2.29. The summed E-state index contributed by atoms with van der Waals surface area (Å²) in [5.41, 5.74) is 9.00. The van der Waals surface area contributed by atoms with E-state index in [9.17, 15) is 4.79 Å². The van der Waals surface area contributed by atoms with E-state index in [2.05, 4.69) is 36.2 Å². The minimum atomic E-state index is -0.795. The number of allylic oxidation sites excluding steroid dienone is 2. The molecule has 0 saturated carbocycles. The first-order valence-corrected chi connectivity index (χ1v) is 10.8. The van der Waals surface area contributed by atoms with Gasteiger partial charge in [0.25, 0.3) is 0 Å². The summed E-state index contributed by atoms with van der Waals surface area (Å²) in [7, 11) is 0. The molecule has 2 unspecified atom stereocenters. The largest absolute Gasteiger partial charge is 0.519 e. The zero-order chi connectivity index (χ0) is 22.2. The van der Waals surface area contributed by atoms with Crippen LogP contribution in [0, 0.1) is 0 Å². The van der Waals surface area contributed by atoms with E-state index in [0.29, 0.717) is 29.7 Å². The molecule has 0 radical (unpaired) electrons. The van der Waals surface area contributed by atoms with Gasteiger partial charge in [-0.3, -0.25) is 5.73 Å². The number of ether oxygens (including phenoxy) is 2. The second kappa shape index (κ2) is 10.8. The minimum absolute atomic E-state index is 0.299. The summed E-state index contributed by atoms with van der Waals surface area (Å²) in [6.45, 7) is 6.58. The Balaban J connectivity index is 1.78. The molecule has 0 aromatic heterocycles. The van der Waals surface area contributed by atoms with Gasteiger partial charge in [0.2, 0.25) is 0 Å². The average molecular weight is 422 g/mol. The van der Waals surface area contributed by atoms with Gasteiger partial charge in [-0.15, -0.1) is 0 Å². The van der Waals surface area contributed by atoms with Crippen molar-refractivity contribution in [3.63, 3.8) is 0 Å². The van der Waals surface area contributed by atoms with Crippen LogP contribution in [-0.2, 0) is 4.74 Å². The molecule has 2 atom stereocenters. The van der Waals surface area contributed by atoms with E-state index in [1.54, 1.807) is 31.2 Å². The van der Waals surface area contributed by atoms with Crippen LogP contribution in [0.5, 0.6) is 5.75 Å². The van der Waals surface area contributed by atoms with Crippen LogP contribution in [0.4, 0.5) is 4.79 Å². The van der Waals surface area contributed by atoms with E-state index in [0.717, 1.165) is 25.0 Å². The highest BCUT2D eigenvalue weighted by atomic mass is 16.7. The highest BCUT2D eigenvalue weighted by molar-refractivity contribution is 5.99. The van der Waals surface area contributed by atoms with Gasteiger partial charge in [-0.2, -0.15) is 0 Å². The van der Waals surface area contributed by atoms with Crippen LogP contribution in [0.15, 0.2) is 77.1 Å². The molecular weight excluding hydrogens is 390 g/mol. The second-order valence-electron chi connectivity index (χ2n) is 7.71. The molecule has 31 heavy (non-hydrogen) atoms. The number of unbranched alkanes of at least 4 members (excludes halogenated alkanes) is 1. The van der Waals surface area contributed by atoms with Crippen LogP contribution in [0.2, 0.25) is 0 Å². The van der Waals surface area contributed by atoms with Crippen LogP contribution in [0.1, 0.15) is 51.5 Å². The SMILES string of the molecule is CCCCC(CN1C(C)=C(OC(=O)Oc2ccccc2)C(C)=NC1N)c1ccccc1. The summed E-state index contributed by atoms with van der Waals surface area (Å²) in [6.07, 6.45) is 1.98. The molecule has 0 spiro atoms. The molecule has 1 heterocycles. The summed E-state index contributed by atoms with van der Waals surface area (Å²) in [4.78, 5) is 18.9. The highest BCUT2D eigenvalue weighted by Crippen LogP contribution is 2.29. The molecule has 164 valence electrons. The number of benzene rings is 2. The Kier molecular flexibility index (Phi) is 7.84. The lowest BCUT2D eigenvalue weighted by atomic mass is 9.92. The Hall–Kier alpha value is -3.12. The number of carbonyl (C=O) groups is 1. The zero-order valence-corrected chi connectivity index (χ0v) is 18.5. The van der Waals surface area contributed by atoms with Crippen molar-refractivity contribution in [1.82, 2.24) is 4.90 Å². The molecular formula is C25H31N3O3. The van der Waals surface area contributed by atoms with Crippen LogP contribution in [0.3, 0.4) is 0 Å². The topological polar surface area (TPSA) is 77.1 Å². The lowest BCUT2D eigenvalue weighted by molar-refractivity contribution is 0.124. The van der Waals surface area contributed by atoms with E-state index in [-0.39, 0.29) is 0 Å². The summed E-state index contributed by atoms with van der Waals surface area (Å²) in [5.74, 6) is 1.12. The monoisotopic (exact) mass is 421 g/mol. The Morgan fingerprint density at radius 1 is 1.06 bits per heavy atom. The Labute approximate surface area is 184 Å². The van der Waals surface area contributed by atoms with Gasteiger partial charge in [0.1, 0.15) is 5.75 Å². The van der Waals surface area contributed by atoms with Gasteiger partial charge >= 0.3 is 6.16 Å². The lowest BCUT2D eigenvalue weighted by Gasteiger charge is -2.36. The first-order valence-electron chi connectivity index (χ1n) is 10.8. The maximum atomic E-state index is 12.4. The number of nitrogens with two attached hydrogens (primary N) is 1. The van der Waals surface area contributed by atoms with Gasteiger partial charge in [-0.05, 0) is 38.0 Å². The van der Waals surface area contributed by atoms with Crippen LogP contribution >= 0.6 is 0 Å². The van der Waals surface area contributed by atoms with Gasteiger partial charge < -0.3 is 14.4 Å². The molecule has 0 bridgehead atoms. The molecule has 2 aromatic rings. The molecule has 6 nitrogen and oxygen atoms in total. The predicted molar refractivity (Wildman–Crippen MR) is 123 cm³/mol. The summed E-state index contributed by atoms with van der Waals surface area (Å²) in [5, 5.41) is 0. The Bertz CT molecular complexity index is 926. The quantitative estimate of drug-likeness (QED) is 0.454. The van der Waals surface area contributed by atoms with Gasteiger partial charge in [0, 0.05) is 12.5 Å². The van der Waals surface area contributed by atoms with Gasteiger partial charge in [-0.1, -0.05) is 68.3 Å². The lowest BCUT2D eigenvalue weighted by Crippen LogP contribution is -2.45. The third-order valence-electron chi connectivity index (χ3n) is 5.46. The van der Waals surface area contributed by atoms with Crippen LogP contribution in [-0.4, -0.2) is 29.6 Å². The number of aliphatic imine (C=N–C) groups is 1. The first kappa shape index (κ1) is 22.6. The third kappa shape index (κ3) is 5.95. The maximum Gasteiger partial charge on any atom is 0.519 e. The molecule has 1 aliphatic heterocycles. The summed E-state index contributed by atoms with van der Waals surface area (Å²) in [6, 6.07) is 19.3. The molecule has 6 heteroatoms.